The Labute approximate surface area is 265 Å². The number of carbonyl (C=O) groups excluding carboxylic acids is 2. The summed E-state index contributed by atoms with van der Waals surface area (Å²) in [5, 5.41) is 0. The third-order valence-corrected chi connectivity index (χ3v) is 9.09. The number of hydrogen-bond acceptors (Lipinski definition) is 5. The smallest absolute Gasteiger partial charge is 0.162 e. The third kappa shape index (κ3) is 6.33. The van der Waals surface area contributed by atoms with Crippen molar-refractivity contribution in [3.8, 4) is 11.5 Å². The lowest BCUT2D eigenvalue weighted by atomic mass is 9.63. The molecular formula is C39H42FNO4. The van der Waals surface area contributed by atoms with Crippen molar-refractivity contribution >= 4 is 11.6 Å². The highest BCUT2D eigenvalue weighted by atomic mass is 19.1. The summed E-state index contributed by atoms with van der Waals surface area (Å²) in [7, 11) is 0. The monoisotopic (exact) mass is 607 g/mol. The molecule has 0 radical (unpaired) electrons. The fourth-order valence-corrected chi connectivity index (χ4v) is 7.22. The number of rotatable bonds is 8. The van der Waals surface area contributed by atoms with E-state index in [0.717, 1.165) is 46.5 Å². The molecule has 6 rings (SSSR count). The molecule has 0 atom stereocenters. The maximum absolute atomic E-state index is 14.2. The molecule has 2 aliphatic carbocycles. The molecule has 0 N–H and O–H groups in total. The van der Waals surface area contributed by atoms with Crippen LogP contribution >= 0.6 is 0 Å². The van der Waals surface area contributed by atoms with Gasteiger partial charge in [-0.25, -0.2) is 4.39 Å². The van der Waals surface area contributed by atoms with E-state index in [1.807, 2.05) is 49.4 Å². The van der Waals surface area contributed by atoms with Gasteiger partial charge in [0.2, 0.25) is 0 Å². The van der Waals surface area contributed by atoms with Gasteiger partial charge >= 0.3 is 0 Å². The summed E-state index contributed by atoms with van der Waals surface area (Å²) in [5.41, 5.74) is 5.80. The van der Waals surface area contributed by atoms with Gasteiger partial charge in [0.1, 0.15) is 12.4 Å². The van der Waals surface area contributed by atoms with Gasteiger partial charge in [-0.2, -0.15) is 0 Å². The molecule has 3 aliphatic rings. The van der Waals surface area contributed by atoms with Crippen LogP contribution in [0, 0.1) is 16.6 Å². The number of ketones is 2. The first-order chi connectivity index (χ1) is 21.4. The van der Waals surface area contributed by atoms with Crippen molar-refractivity contribution in [3.05, 3.63) is 118 Å². The van der Waals surface area contributed by atoms with Crippen LogP contribution < -0.4 is 9.47 Å². The topological polar surface area (TPSA) is 55.8 Å². The van der Waals surface area contributed by atoms with Gasteiger partial charge in [-0.05, 0) is 71.6 Å². The number of benzene rings is 3. The highest BCUT2D eigenvalue weighted by Gasteiger charge is 2.49. The van der Waals surface area contributed by atoms with E-state index in [1.54, 1.807) is 6.07 Å². The van der Waals surface area contributed by atoms with E-state index in [1.165, 1.54) is 12.1 Å². The summed E-state index contributed by atoms with van der Waals surface area (Å²) in [5.74, 6) is 0.460. The van der Waals surface area contributed by atoms with E-state index in [2.05, 4.69) is 44.7 Å². The molecule has 0 aromatic heterocycles. The molecule has 1 heterocycles. The van der Waals surface area contributed by atoms with Crippen LogP contribution in [-0.4, -0.2) is 23.1 Å². The molecule has 0 unspecified atom stereocenters. The number of nitrogens with zero attached hydrogens (tertiary/aromatic N) is 1. The Kier molecular flexibility index (Phi) is 8.19. The van der Waals surface area contributed by atoms with Crippen LogP contribution in [0.1, 0.15) is 82.9 Å². The standard InChI is InChI=1S/C39H42FNO4/c1-6-44-34-18-27(15-16-33(34)45-24-26-13-10-14-28(40)17-26)35-36-29(19-38(2,3)21-31(36)42)41(23-25-11-8-7-9-12-25)30-20-39(4,5)22-32(43)37(30)35/h7-18,35H,6,19-24H2,1-5H3. The van der Waals surface area contributed by atoms with Gasteiger partial charge in [-0.1, -0.05) is 76.2 Å². The fraction of sp³-hybridized carbons (Fsp3) is 0.385. The van der Waals surface area contributed by atoms with Gasteiger partial charge in [-0.3, -0.25) is 9.59 Å². The zero-order chi connectivity index (χ0) is 31.9. The Hall–Kier alpha value is -4.19. The summed E-state index contributed by atoms with van der Waals surface area (Å²) in [6.45, 7) is 11.7. The highest BCUT2D eigenvalue weighted by molar-refractivity contribution is 6.06. The molecule has 234 valence electrons. The molecule has 0 saturated carbocycles. The second-order valence-corrected chi connectivity index (χ2v) is 14.2. The summed E-state index contributed by atoms with van der Waals surface area (Å²) >= 11 is 0. The average Bonchev–Trinajstić information content (AvgIpc) is 2.97. The van der Waals surface area contributed by atoms with Crippen LogP contribution in [0.5, 0.6) is 11.5 Å². The van der Waals surface area contributed by atoms with Crippen LogP contribution in [0.25, 0.3) is 0 Å². The summed E-state index contributed by atoms with van der Waals surface area (Å²) in [6.07, 6.45) is 2.35. The maximum atomic E-state index is 14.2. The number of allylic oxidation sites excluding steroid dienone is 4. The number of ether oxygens (including phenoxy) is 2. The zero-order valence-corrected chi connectivity index (χ0v) is 26.9. The summed E-state index contributed by atoms with van der Waals surface area (Å²) in [4.78, 5) is 30.7. The van der Waals surface area contributed by atoms with Gasteiger partial charge < -0.3 is 14.4 Å². The number of hydrogen-bond donors (Lipinski definition) is 0. The van der Waals surface area contributed by atoms with Gasteiger partial charge in [0.05, 0.1) is 6.61 Å². The lowest BCUT2D eigenvalue weighted by Gasteiger charge is -2.49. The molecule has 0 fully saturated rings. The number of carbonyl (C=O) groups is 2. The quantitative estimate of drug-likeness (QED) is 0.256. The first kappa shape index (κ1) is 30.8. The van der Waals surface area contributed by atoms with Crippen LogP contribution in [0.2, 0.25) is 0 Å². The van der Waals surface area contributed by atoms with Crippen molar-refractivity contribution in [2.45, 2.75) is 79.4 Å². The predicted molar refractivity (Wildman–Crippen MR) is 173 cm³/mol. The van der Waals surface area contributed by atoms with E-state index in [0.29, 0.717) is 43.1 Å². The van der Waals surface area contributed by atoms with Gasteiger partial charge in [0.25, 0.3) is 0 Å². The Morgan fingerprint density at radius 2 is 1.36 bits per heavy atom. The van der Waals surface area contributed by atoms with Crippen LogP contribution in [-0.2, 0) is 22.7 Å². The number of halogens is 1. The highest BCUT2D eigenvalue weighted by Crippen LogP contribution is 2.55. The van der Waals surface area contributed by atoms with Crippen LogP contribution in [0.15, 0.2) is 95.3 Å². The van der Waals surface area contributed by atoms with E-state index < -0.39 is 5.92 Å². The van der Waals surface area contributed by atoms with Gasteiger partial charge in [0, 0.05) is 47.8 Å². The molecule has 0 saturated heterocycles. The molecule has 0 spiro atoms. The SMILES string of the molecule is CCOc1cc(C2C3=C(CC(C)(C)CC3=O)N(Cc3ccccc3)C3=C2C(=O)CC(C)(C)C3)ccc1OCc1cccc(F)c1. The van der Waals surface area contributed by atoms with Gasteiger partial charge in [-0.15, -0.1) is 0 Å². The zero-order valence-electron chi connectivity index (χ0n) is 26.9. The largest absolute Gasteiger partial charge is 0.490 e. The fourth-order valence-electron chi connectivity index (χ4n) is 7.22. The van der Waals surface area contributed by atoms with E-state index in [9.17, 15) is 14.0 Å². The molecule has 5 nitrogen and oxygen atoms in total. The Bertz CT molecular complexity index is 1650. The van der Waals surface area contributed by atoms with E-state index in [4.69, 9.17) is 9.47 Å². The molecule has 1 aliphatic heterocycles. The third-order valence-electron chi connectivity index (χ3n) is 9.09. The molecule has 3 aromatic carbocycles. The summed E-state index contributed by atoms with van der Waals surface area (Å²) < 4.78 is 26.0. The van der Waals surface area contributed by atoms with E-state index in [-0.39, 0.29) is 34.8 Å². The summed E-state index contributed by atoms with van der Waals surface area (Å²) in [6, 6.07) is 22.4. The van der Waals surface area contributed by atoms with Crippen LogP contribution in [0.4, 0.5) is 4.39 Å². The minimum atomic E-state index is -0.481. The average molecular weight is 608 g/mol. The molecular weight excluding hydrogens is 565 g/mol. The molecule has 45 heavy (non-hydrogen) atoms. The lowest BCUT2D eigenvalue weighted by molar-refractivity contribution is -0.119. The molecule has 0 bridgehead atoms. The van der Waals surface area contributed by atoms with Crippen LogP contribution in [0.3, 0.4) is 0 Å². The van der Waals surface area contributed by atoms with E-state index >= 15 is 0 Å². The Balaban J connectivity index is 1.48. The van der Waals surface area contributed by atoms with Gasteiger partial charge in [0.15, 0.2) is 23.1 Å². The molecule has 0 amide bonds. The van der Waals surface area contributed by atoms with Crippen molar-refractivity contribution in [2.75, 3.05) is 6.61 Å². The van der Waals surface area contributed by atoms with Crippen molar-refractivity contribution < 1.29 is 23.5 Å². The Morgan fingerprint density at radius 3 is 1.96 bits per heavy atom. The number of Topliss-reactive ketones (excluding diaryl/α,β-unsaturated/α-hetero) is 2. The molecule has 3 aromatic rings. The molecule has 6 heteroatoms. The predicted octanol–water partition coefficient (Wildman–Crippen LogP) is 8.69. The maximum Gasteiger partial charge on any atom is 0.162 e. The minimum absolute atomic E-state index is 0.0953. The lowest BCUT2D eigenvalue weighted by Crippen LogP contribution is -2.44. The normalized spacial score (nSPS) is 19.4. The first-order valence-corrected chi connectivity index (χ1v) is 15.9. The minimum Gasteiger partial charge on any atom is -0.490 e. The second kappa shape index (κ2) is 12.0. The van der Waals surface area contributed by atoms with Crippen molar-refractivity contribution in [2.24, 2.45) is 10.8 Å². The second-order valence-electron chi connectivity index (χ2n) is 14.2. The first-order valence-electron chi connectivity index (χ1n) is 15.9. The Morgan fingerprint density at radius 1 is 0.733 bits per heavy atom. The van der Waals surface area contributed by atoms with Crippen molar-refractivity contribution in [3.63, 3.8) is 0 Å². The van der Waals surface area contributed by atoms with Crippen molar-refractivity contribution in [1.82, 2.24) is 4.90 Å². The van der Waals surface area contributed by atoms with Crippen molar-refractivity contribution in [1.29, 1.82) is 0 Å².